The van der Waals surface area contributed by atoms with E-state index < -0.39 is 184 Å². The molecule has 4 heterocycles. The maximum absolute atomic E-state index is 15.0. The van der Waals surface area contributed by atoms with Crippen molar-refractivity contribution in [3.63, 3.8) is 0 Å². The number of phenolic OH excluding ortho intramolecular Hbond substituents is 1. The van der Waals surface area contributed by atoms with Crippen LogP contribution in [0.25, 0.3) is 11.1 Å². The first kappa shape index (κ1) is 81.4. The fourth-order valence-electron chi connectivity index (χ4n) is 13.1. The summed E-state index contributed by atoms with van der Waals surface area (Å²) in [5.74, 6) is -9.06. The van der Waals surface area contributed by atoms with Crippen molar-refractivity contribution in [2.75, 3.05) is 83.7 Å². The number of carbonyl (C=O) groups excluding carboxylic acids is 7. The van der Waals surface area contributed by atoms with E-state index in [1.807, 2.05) is 24.3 Å². The molecule has 8 rings (SSSR count). The second-order valence-corrected chi connectivity index (χ2v) is 26.2. The number of nitrogens with zero attached hydrogens (tertiary/aromatic N) is 3. The quantitative estimate of drug-likeness (QED) is 0.0393. The van der Waals surface area contributed by atoms with Gasteiger partial charge in [-0.1, -0.05) is 56.5 Å². The topological polar surface area (TPSA) is 454 Å². The minimum atomic E-state index is -2.13. The second kappa shape index (κ2) is 39.0. The molecule has 4 aliphatic heterocycles. The Labute approximate surface area is 587 Å². The maximum Gasteiger partial charge on any atom is 0.251 e. The molecule has 32 heteroatoms. The number of rotatable bonds is 24. The van der Waals surface area contributed by atoms with Crippen LogP contribution in [-0.4, -0.2) is 283 Å². The molecular formula is C67H100Cl2N10O20. The van der Waals surface area contributed by atoms with Crippen molar-refractivity contribution >= 4 is 71.9 Å². The minimum absolute atomic E-state index is 0. The summed E-state index contributed by atoms with van der Waals surface area (Å²) in [7, 11) is 0. The third kappa shape index (κ3) is 22.0. The van der Waals surface area contributed by atoms with Gasteiger partial charge in [-0.05, 0) is 98.7 Å². The van der Waals surface area contributed by atoms with Crippen molar-refractivity contribution in [3.05, 3.63) is 77.9 Å². The molecule has 1 aliphatic carbocycles. The first-order chi connectivity index (χ1) is 46.5. The molecule has 0 unspecified atom stereocenters. The molecule has 3 aromatic carbocycles. The SMILES string of the molecule is C[C@@H](O)[C@@H]1NC(=O)[C@@H](NC(=O)c2ccc(-c3ccc(N4CCC(OC5CCCCC5)CC4)cc3)cc2)C[C@@H](O)CNC(=O)[C@@H]2[C@@H](O)[C@@H](C)CN2C(=O)[C@H]([C@H](O)CCNC(CO)CO)NC(=O)[C@H]([C@H](O)Cc2ccc(O)c(OCCNC(CO)CO)c2)NC(=O)[C@@H]2C[C@@H](O)CN2C1=O.Cl.Cl. The van der Waals surface area contributed by atoms with Crippen LogP contribution < -0.4 is 46.9 Å². The van der Waals surface area contributed by atoms with Crippen LogP contribution in [0.5, 0.6) is 11.5 Å². The zero-order chi connectivity index (χ0) is 70.0. The highest BCUT2D eigenvalue weighted by Crippen LogP contribution is 2.32. The summed E-state index contributed by atoms with van der Waals surface area (Å²) in [4.78, 5) is 107. The van der Waals surface area contributed by atoms with E-state index in [1.165, 1.54) is 56.5 Å². The van der Waals surface area contributed by atoms with E-state index in [1.54, 1.807) is 12.1 Å². The van der Waals surface area contributed by atoms with E-state index in [0.29, 0.717) is 6.10 Å². The standard InChI is InChI=1S/C67H98N10O20.2ClH/c1-37-31-77-59(60(37)88)65(93)70-30-46(83)28-50(71-61(89)42-11-9-40(10-12-42)41-13-15-45(16-14-41)75-23-19-49(20-24-75)97-48-6-4-3-5-7-48)62(90)72-56(38(2)82)66(94)76-32-47(84)29-51(76)63(91)73-57(64(92)74-58(67(77)95)53(86)18-21-68-43(33-78)34-79)54(87)26-39-8-17-52(85)55(27-39)96-25-22-69-44(35-80)36-81;;/h8-17,27,37-38,43-44,46-51,53-54,56-60,68-69,78-88H,3-7,18-26,28-36H2,1-2H3,(H,70,93)(H,71,89)(H,72,90)(H,73,91)(H,74,92);2*1H/t37-,38+,46+,47+,50-,51-,53+,54+,56-,57-,58-,59-,60-;;/m0../s1. The van der Waals surface area contributed by atoms with Crippen LogP contribution in [0.15, 0.2) is 66.7 Å². The molecule has 5 aliphatic rings. The highest BCUT2D eigenvalue weighted by atomic mass is 35.5. The number of nitrogens with one attached hydrogen (secondary N) is 7. The molecule has 99 heavy (non-hydrogen) atoms. The number of phenols is 1. The monoisotopic (exact) mass is 1430 g/mol. The lowest BCUT2D eigenvalue weighted by Crippen LogP contribution is -2.64. The molecule has 4 saturated heterocycles. The fourth-order valence-corrected chi connectivity index (χ4v) is 13.1. The minimum Gasteiger partial charge on any atom is -0.504 e. The number of aliphatic hydroxyl groups is 10. The summed E-state index contributed by atoms with van der Waals surface area (Å²) in [5.41, 5.74) is 2.96. The van der Waals surface area contributed by atoms with Gasteiger partial charge < -0.3 is 118 Å². The molecule has 13 atom stereocenters. The Hall–Kier alpha value is -6.59. The largest absolute Gasteiger partial charge is 0.504 e. The number of aliphatic hydroxyl groups excluding tert-OH is 10. The number of hydrogen-bond donors (Lipinski definition) is 18. The number of anilines is 1. The zero-order valence-electron chi connectivity index (χ0n) is 55.7. The lowest BCUT2D eigenvalue weighted by molar-refractivity contribution is -0.147. The van der Waals surface area contributed by atoms with Gasteiger partial charge in [0.15, 0.2) is 11.5 Å². The van der Waals surface area contributed by atoms with Gasteiger partial charge in [0.2, 0.25) is 35.4 Å². The van der Waals surface area contributed by atoms with Crippen LogP contribution in [-0.2, 0) is 39.9 Å². The third-order valence-corrected chi connectivity index (χ3v) is 18.9. The lowest BCUT2D eigenvalue weighted by Gasteiger charge is -2.36. The highest BCUT2D eigenvalue weighted by Gasteiger charge is 2.50. The van der Waals surface area contributed by atoms with Crippen LogP contribution in [0.2, 0.25) is 0 Å². The van der Waals surface area contributed by atoms with Crippen LogP contribution in [0.4, 0.5) is 5.69 Å². The van der Waals surface area contributed by atoms with Gasteiger partial charge in [-0.3, -0.25) is 33.6 Å². The van der Waals surface area contributed by atoms with E-state index >= 15 is 4.79 Å². The van der Waals surface area contributed by atoms with Gasteiger partial charge in [-0.2, -0.15) is 0 Å². The predicted octanol–water partition coefficient (Wildman–Crippen LogP) is -3.18. The summed E-state index contributed by atoms with van der Waals surface area (Å²) in [5, 5.41) is 137. The summed E-state index contributed by atoms with van der Waals surface area (Å²) in [6.45, 7) is 0.787. The lowest BCUT2D eigenvalue weighted by atomic mass is 9.97. The Balaban J connectivity index is 0.00000773. The molecule has 3 aromatic rings. The normalized spacial score (nSPS) is 26.0. The zero-order valence-corrected chi connectivity index (χ0v) is 57.3. The van der Waals surface area contributed by atoms with E-state index in [0.717, 1.165) is 72.3 Å². The number of piperidine rings is 1. The summed E-state index contributed by atoms with van der Waals surface area (Å²) >= 11 is 0. The number of carbonyl (C=O) groups is 7. The first-order valence-corrected chi connectivity index (χ1v) is 33.7. The second-order valence-electron chi connectivity index (χ2n) is 26.2. The van der Waals surface area contributed by atoms with Gasteiger partial charge in [0.1, 0.15) is 42.9 Å². The van der Waals surface area contributed by atoms with Gasteiger partial charge in [0.25, 0.3) is 5.91 Å². The smallest absolute Gasteiger partial charge is 0.251 e. The molecule has 5 fully saturated rings. The molecule has 0 radical (unpaired) electrons. The van der Waals surface area contributed by atoms with Crippen LogP contribution in [0.3, 0.4) is 0 Å². The fraction of sp³-hybridized carbons (Fsp3) is 0.627. The average Bonchev–Trinajstić information content (AvgIpc) is 1.70. The summed E-state index contributed by atoms with van der Waals surface area (Å²) < 4.78 is 12.2. The molecule has 7 amide bonds. The van der Waals surface area contributed by atoms with E-state index in [4.69, 9.17) is 9.47 Å². The van der Waals surface area contributed by atoms with Gasteiger partial charge in [-0.15, -0.1) is 24.8 Å². The van der Waals surface area contributed by atoms with Gasteiger partial charge in [0.05, 0.1) is 87.3 Å². The van der Waals surface area contributed by atoms with Crippen LogP contribution in [0.1, 0.15) is 94.0 Å². The van der Waals surface area contributed by atoms with E-state index in [-0.39, 0.29) is 93.0 Å². The maximum atomic E-state index is 15.0. The first-order valence-electron chi connectivity index (χ1n) is 33.7. The molecule has 30 nitrogen and oxygen atoms in total. The number of fused-ring (bicyclic) bond motifs is 2. The number of aromatic hydroxyl groups is 1. The number of benzene rings is 3. The molecular weight excluding hydrogens is 1340 g/mol. The molecule has 0 spiro atoms. The number of β-amino-alcohol motifs (C(OH)–C–C–N with tert-alkyl or cyclic N) is 1. The van der Waals surface area contributed by atoms with Crippen molar-refractivity contribution in [2.45, 2.75) is 182 Å². The summed E-state index contributed by atoms with van der Waals surface area (Å²) in [6.07, 6.45) is -3.97. The Morgan fingerprint density at radius 1 is 0.646 bits per heavy atom. The van der Waals surface area contributed by atoms with Gasteiger partial charge in [0, 0.05) is 75.7 Å². The van der Waals surface area contributed by atoms with Crippen molar-refractivity contribution < 1.29 is 99.2 Å². The van der Waals surface area contributed by atoms with Gasteiger partial charge >= 0.3 is 0 Å². The van der Waals surface area contributed by atoms with Crippen LogP contribution in [0, 0.1) is 5.92 Å². The van der Waals surface area contributed by atoms with E-state index in [9.17, 15) is 84.9 Å². The van der Waals surface area contributed by atoms with Gasteiger partial charge in [-0.25, -0.2) is 0 Å². The molecule has 1 saturated carbocycles. The number of amides is 7. The number of ether oxygens (including phenoxy) is 2. The van der Waals surface area contributed by atoms with E-state index in [2.05, 4.69) is 42.1 Å². The molecule has 552 valence electrons. The number of hydrogen-bond acceptors (Lipinski definition) is 23. The molecule has 0 aromatic heterocycles. The Bertz CT molecular complexity index is 3090. The molecule has 18 N–H and O–H groups in total. The average molecular weight is 1440 g/mol. The van der Waals surface area contributed by atoms with Crippen molar-refractivity contribution in [1.82, 2.24) is 47.0 Å². The summed E-state index contributed by atoms with van der Waals surface area (Å²) in [6, 6.07) is 5.57. The van der Waals surface area contributed by atoms with Crippen LogP contribution >= 0.6 is 24.8 Å². The third-order valence-electron chi connectivity index (χ3n) is 18.9. The predicted molar refractivity (Wildman–Crippen MR) is 365 cm³/mol. The Morgan fingerprint density at radius 2 is 1.23 bits per heavy atom. The molecule has 0 bridgehead atoms. The Morgan fingerprint density at radius 3 is 1.86 bits per heavy atom. The van der Waals surface area contributed by atoms with Crippen molar-refractivity contribution in [1.29, 1.82) is 0 Å². The van der Waals surface area contributed by atoms with Crippen molar-refractivity contribution in [3.8, 4) is 22.6 Å². The Kier molecular flexibility index (Phi) is 32.1. The highest BCUT2D eigenvalue weighted by molar-refractivity contribution is 6.00. The number of halogens is 2. The van der Waals surface area contributed by atoms with Crippen molar-refractivity contribution in [2.24, 2.45) is 5.92 Å².